The molecule has 6 nitrogen and oxygen atoms in total. The van der Waals surface area contributed by atoms with Crippen LogP contribution in [0.5, 0.6) is 5.75 Å². The Hall–Kier alpha value is -2.12. The van der Waals surface area contributed by atoms with Gasteiger partial charge in [0, 0.05) is 22.6 Å². The van der Waals surface area contributed by atoms with Crippen LogP contribution in [0.25, 0.3) is 0 Å². The lowest BCUT2D eigenvalue weighted by Crippen LogP contribution is -2.44. The number of carbonyl (C=O) groups excluding carboxylic acids is 2. The molecule has 2 aromatic rings. The molecule has 0 saturated heterocycles. The minimum Gasteiger partial charge on any atom is -0.484 e. The summed E-state index contributed by atoms with van der Waals surface area (Å²) >= 11 is 7.12. The fraction of sp³-hybridized carbons (Fsp3) is 0.312. The first-order valence-corrected chi connectivity index (χ1v) is 8.58. The third-order valence-corrected chi connectivity index (χ3v) is 4.05. The molecular formula is C16H18ClN3O3S. The molecule has 0 aliphatic heterocycles. The second-order valence-electron chi connectivity index (χ2n) is 5.24. The summed E-state index contributed by atoms with van der Waals surface area (Å²) in [6, 6.07) is 6.61. The number of halogens is 1. The zero-order valence-corrected chi connectivity index (χ0v) is 14.9. The number of benzene rings is 1. The van der Waals surface area contributed by atoms with Gasteiger partial charge in [0.1, 0.15) is 12.3 Å². The molecule has 0 atom stereocenters. The molecule has 1 aromatic heterocycles. The molecule has 0 aliphatic rings. The highest BCUT2D eigenvalue weighted by Crippen LogP contribution is 2.16. The van der Waals surface area contributed by atoms with Crippen molar-refractivity contribution < 1.29 is 14.3 Å². The van der Waals surface area contributed by atoms with Crippen LogP contribution in [0, 0.1) is 0 Å². The van der Waals surface area contributed by atoms with E-state index < -0.39 is 0 Å². The molecule has 0 fully saturated rings. The largest absolute Gasteiger partial charge is 0.484 e. The van der Waals surface area contributed by atoms with E-state index in [0.717, 1.165) is 0 Å². The van der Waals surface area contributed by atoms with Crippen LogP contribution in [0.15, 0.2) is 35.8 Å². The van der Waals surface area contributed by atoms with Gasteiger partial charge in [0.25, 0.3) is 5.91 Å². The number of hydrogen-bond acceptors (Lipinski definition) is 5. The Labute approximate surface area is 149 Å². The summed E-state index contributed by atoms with van der Waals surface area (Å²) in [5.74, 6) is -0.0172. The number of hydrogen-bond donors (Lipinski definition) is 1. The quantitative estimate of drug-likeness (QED) is 0.816. The molecule has 2 amide bonds. The number of nitrogens with zero attached hydrogens (tertiary/aromatic N) is 2. The van der Waals surface area contributed by atoms with Crippen LogP contribution in [0.1, 0.15) is 13.8 Å². The highest BCUT2D eigenvalue weighted by Gasteiger charge is 2.21. The van der Waals surface area contributed by atoms with Crippen molar-refractivity contribution in [2.75, 3.05) is 18.5 Å². The molecule has 24 heavy (non-hydrogen) atoms. The van der Waals surface area contributed by atoms with E-state index in [1.54, 1.807) is 35.8 Å². The van der Waals surface area contributed by atoms with Crippen molar-refractivity contribution in [3.8, 4) is 5.75 Å². The minimum atomic E-state index is -0.293. The van der Waals surface area contributed by atoms with Crippen molar-refractivity contribution in [2.24, 2.45) is 0 Å². The highest BCUT2D eigenvalue weighted by molar-refractivity contribution is 7.13. The standard InChI is InChI=1S/C16H18ClN3O3S/c1-11(2)20(9-14(21)19-16-18-7-8-24-16)15(22)10-23-13-5-3-12(17)4-6-13/h3-8,11H,9-10H2,1-2H3,(H,18,19,21). The summed E-state index contributed by atoms with van der Waals surface area (Å²) < 4.78 is 5.45. The second kappa shape index (κ2) is 8.65. The average molecular weight is 368 g/mol. The molecule has 0 saturated carbocycles. The maximum atomic E-state index is 12.3. The Morgan fingerprint density at radius 3 is 2.62 bits per heavy atom. The molecular weight excluding hydrogens is 350 g/mol. The third-order valence-electron chi connectivity index (χ3n) is 3.11. The summed E-state index contributed by atoms with van der Waals surface area (Å²) in [7, 11) is 0. The van der Waals surface area contributed by atoms with Gasteiger partial charge < -0.3 is 15.0 Å². The Morgan fingerprint density at radius 2 is 2.04 bits per heavy atom. The SMILES string of the molecule is CC(C)N(CC(=O)Nc1nccs1)C(=O)COc1ccc(Cl)cc1. The van der Waals surface area contributed by atoms with Crippen molar-refractivity contribution in [1.82, 2.24) is 9.88 Å². The number of aromatic nitrogens is 1. The highest BCUT2D eigenvalue weighted by atomic mass is 35.5. The number of thiazole rings is 1. The van der Waals surface area contributed by atoms with Crippen LogP contribution in [0.2, 0.25) is 5.02 Å². The molecule has 1 heterocycles. The molecule has 2 rings (SSSR count). The van der Waals surface area contributed by atoms with Gasteiger partial charge >= 0.3 is 0 Å². The number of amides is 2. The maximum absolute atomic E-state index is 12.3. The molecule has 0 bridgehead atoms. The molecule has 128 valence electrons. The summed E-state index contributed by atoms with van der Waals surface area (Å²) in [5.41, 5.74) is 0. The van der Waals surface area contributed by atoms with Crippen LogP contribution in [-0.4, -0.2) is 40.9 Å². The van der Waals surface area contributed by atoms with Gasteiger partial charge in [-0.15, -0.1) is 11.3 Å². The van der Waals surface area contributed by atoms with E-state index in [9.17, 15) is 9.59 Å². The minimum absolute atomic E-state index is 0.0555. The van der Waals surface area contributed by atoms with Gasteiger partial charge in [0.15, 0.2) is 11.7 Å². The van der Waals surface area contributed by atoms with Crippen LogP contribution < -0.4 is 10.1 Å². The second-order valence-corrected chi connectivity index (χ2v) is 6.57. The number of nitrogens with one attached hydrogen (secondary N) is 1. The number of rotatable bonds is 7. The van der Waals surface area contributed by atoms with E-state index in [-0.39, 0.29) is 31.0 Å². The van der Waals surface area contributed by atoms with E-state index in [4.69, 9.17) is 16.3 Å². The molecule has 0 radical (unpaired) electrons. The first-order chi connectivity index (χ1) is 11.5. The van der Waals surface area contributed by atoms with Gasteiger partial charge in [-0.05, 0) is 38.1 Å². The van der Waals surface area contributed by atoms with E-state index in [1.807, 2.05) is 13.8 Å². The Balaban J connectivity index is 1.89. The van der Waals surface area contributed by atoms with Crippen LogP contribution in [0.3, 0.4) is 0 Å². The van der Waals surface area contributed by atoms with Crippen LogP contribution in [-0.2, 0) is 9.59 Å². The summed E-state index contributed by atoms with van der Waals surface area (Å²) in [6.45, 7) is 3.48. The molecule has 0 spiro atoms. The van der Waals surface area contributed by atoms with Crippen LogP contribution in [0.4, 0.5) is 5.13 Å². The Morgan fingerprint density at radius 1 is 1.33 bits per heavy atom. The van der Waals surface area contributed by atoms with Crippen molar-refractivity contribution in [3.63, 3.8) is 0 Å². The first-order valence-electron chi connectivity index (χ1n) is 7.33. The predicted octanol–water partition coefficient (Wildman–Crippen LogP) is 3.05. The lowest BCUT2D eigenvalue weighted by molar-refractivity contribution is -0.138. The van der Waals surface area contributed by atoms with E-state index in [0.29, 0.717) is 15.9 Å². The maximum Gasteiger partial charge on any atom is 0.261 e. The lowest BCUT2D eigenvalue weighted by atomic mass is 10.3. The molecule has 0 unspecified atom stereocenters. The van der Waals surface area contributed by atoms with Crippen molar-refractivity contribution in [1.29, 1.82) is 0 Å². The van der Waals surface area contributed by atoms with Gasteiger partial charge in [0.2, 0.25) is 5.91 Å². The first kappa shape index (κ1) is 18.2. The lowest BCUT2D eigenvalue weighted by Gasteiger charge is -2.26. The van der Waals surface area contributed by atoms with Crippen molar-refractivity contribution in [3.05, 3.63) is 40.9 Å². The van der Waals surface area contributed by atoms with Crippen molar-refractivity contribution >= 4 is 39.9 Å². The number of anilines is 1. The number of carbonyl (C=O) groups is 2. The fourth-order valence-electron chi connectivity index (χ4n) is 1.92. The monoisotopic (exact) mass is 367 g/mol. The molecule has 1 aromatic carbocycles. The zero-order chi connectivity index (χ0) is 17.5. The molecule has 0 aliphatic carbocycles. The summed E-state index contributed by atoms with van der Waals surface area (Å²) in [5, 5.41) is 5.53. The summed E-state index contributed by atoms with van der Waals surface area (Å²) in [4.78, 5) is 29.8. The van der Waals surface area contributed by atoms with Gasteiger partial charge in [0.05, 0.1) is 0 Å². The summed E-state index contributed by atoms with van der Waals surface area (Å²) in [6.07, 6.45) is 1.60. The Bertz CT molecular complexity index is 674. The predicted molar refractivity (Wildman–Crippen MR) is 94.5 cm³/mol. The van der Waals surface area contributed by atoms with Crippen LogP contribution >= 0.6 is 22.9 Å². The Kier molecular flexibility index (Phi) is 6.57. The smallest absolute Gasteiger partial charge is 0.261 e. The van der Waals surface area contributed by atoms with Gasteiger partial charge in [-0.2, -0.15) is 0 Å². The van der Waals surface area contributed by atoms with Crippen molar-refractivity contribution in [2.45, 2.75) is 19.9 Å². The van der Waals surface area contributed by atoms with E-state index >= 15 is 0 Å². The van der Waals surface area contributed by atoms with Gasteiger partial charge in [-0.3, -0.25) is 9.59 Å². The normalized spacial score (nSPS) is 10.5. The van der Waals surface area contributed by atoms with Gasteiger partial charge in [-0.25, -0.2) is 4.98 Å². The molecule has 1 N–H and O–H groups in total. The number of ether oxygens (including phenoxy) is 1. The van der Waals surface area contributed by atoms with E-state index in [1.165, 1.54) is 16.2 Å². The zero-order valence-electron chi connectivity index (χ0n) is 13.4. The fourth-order valence-corrected chi connectivity index (χ4v) is 2.59. The van der Waals surface area contributed by atoms with Gasteiger partial charge in [-0.1, -0.05) is 11.6 Å². The topological polar surface area (TPSA) is 71.5 Å². The van der Waals surface area contributed by atoms with E-state index in [2.05, 4.69) is 10.3 Å². The average Bonchev–Trinajstić information content (AvgIpc) is 3.04. The third kappa shape index (κ3) is 5.50. The molecule has 8 heteroatoms.